The van der Waals surface area contributed by atoms with Crippen LogP contribution in [0.4, 0.5) is 0 Å². The van der Waals surface area contributed by atoms with E-state index in [0.717, 1.165) is 37.8 Å². The van der Waals surface area contributed by atoms with Crippen molar-refractivity contribution in [3.8, 4) is 21.6 Å². The van der Waals surface area contributed by atoms with Gasteiger partial charge in [-0.05, 0) is 54.3 Å². The zero-order valence-electron chi connectivity index (χ0n) is 23.5. The van der Waals surface area contributed by atoms with Crippen LogP contribution >= 0.6 is 46.3 Å². The number of piperidine rings is 1. The fraction of sp³-hybridized carbons (Fsp3) is 0.250. The third-order valence-electron chi connectivity index (χ3n) is 7.66. The molecule has 0 bridgehead atoms. The zero-order chi connectivity index (χ0) is 30.6. The smallest absolute Gasteiger partial charge is 0.263 e. The number of thioether (sulfide) groups is 1. The molecule has 6 nitrogen and oxygen atoms in total. The van der Waals surface area contributed by atoms with Crippen molar-refractivity contribution in [3.63, 3.8) is 0 Å². The van der Waals surface area contributed by atoms with E-state index in [2.05, 4.69) is 4.72 Å². The van der Waals surface area contributed by atoms with Gasteiger partial charge in [-0.3, -0.25) is 9.59 Å². The molecule has 2 amide bonds. The maximum Gasteiger partial charge on any atom is 0.263 e. The Balaban J connectivity index is 1.41. The third kappa shape index (κ3) is 7.19. The van der Waals surface area contributed by atoms with Gasteiger partial charge in [0.15, 0.2) is 0 Å². The van der Waals surface area contributed by atoms with Crippen molar-refractivity contribution in [2.45, 2.75) is 23.2 Å². The summed E-state index contributed by atoms with van der Waals surface area (Å²) < 4.78 is 14.2. The molecule has 3 aromatic carbocycles. The molecule has 1 unspecified atom stereocenters. The van der Waals surface area contributed by atoms with E-state index >= 15 is 0 Å². The molecule has 0 aliphatic carbocycles. The molecule has 1 saturated heterocycles. The van der Waals surface area contributed by atoms with Gasteiger partial charge < -0.3 is 10.6 Å². The van der Waals surface area contributed by atoms with E-state index in [1.54, 1.807) is 30.2 Å². The number of halogens is 2. The number of nitrogens with one attached hydrogen (secondary N) is 1. The summed E-state index contributed by atoms with van der Waals surface area (Å²) in [6.07, 6.45) is 2.55. The van der Waals surface area contributed by atoms with Crippen molar-refractivity contribution in [1.29, 1.82) is 0 Å². The van der Waals surface area contributed by atoms with Crippen molar-refractivity contribution in [1.82, 2.24) is 9.62 Å². The van der Waals surface area contributed by atoms with E-state index in [4.69, 9.17) is 28.9 Å². The van der Waals surface area contributed by atoms with Crippen LogP contribution < -0.4 is 10.5 Å². The van der Waals surface area contributed by atoms with Gasteiger partial charge in [0.05, 0.1) is 26.3 Å². The monoisotopic (exact) mass is 671 g/mol. The summed E-state index contributed by atoms with van der Waals surface area (Å²) >= 11 is 15.9. The minimum absolute atomic E-state index is 0.0818. The van der Waals surface area contributed by atoms with Gasteiger partial charge in [-0.1, -0.05) is 71.7 Å². The lowest BCUT2D eigenvalue weighted by atomic mass is 9.72. The second-order valence-corrected chi connectivity index (χ2v) is 14.6. The fourth-order valence-electron chi connectivity index (χ4n) is 5.35. The maximum atomic E-state index is 13.9. The van der Waals surface area contributed by atoms with Crippen LogP contribution in [0.25, 0.3) is 21.6 Å². The molecule has 2 heterocycles. The normalized spacial score (nSPS) is 15.3. The van der Waals surface area contributed by atoms with Crippen LogP contribution in [-0.2, 0) is 21.2 Å². The number of thiophene rings is 1. The Bertz CT molecular complexity index is 1640. The predicted octanol–water partition coefficient (Wildman–Crippen LogP) is 7.02. The first-order valence-electron chi connectivity index (χ1n) is 13.7. The first-order valence-corrected chi connectivity index (χ1v) is 17.8. The minimum atomic E-state index is -1.03. The standard InChI is InChI=1S/C32H31Cl2N3O3S3/c1-43(40)36-15-18-41-24-10-7-21(8-11-24)26-20-28(42-29(26)25-12-9-23(33)19-27(25)34)30(38)37-16-13-32(14-17-37,31(35)39)22-5-3-2-4-6-22/h2-12,19-20,36H,13-18H2,1H3,(H2,35,39). The molecule has 1 aliphatic heterocycles. The van der Waals surface area contributed by atoms with E-state index < -0.39 is 16.4 Å². The number of amides is 2. The van der Waals surface area contributed by atoms with Gasteiger partial charge in [0.2, 0.25) is 5.91 Å². The Morgan fingerprint density at radius 3 is 2.33 bits per heavy atom. The highest BCUT2D eigenvalue weighted by atomic mass is 35.5. The van der Waals surface area contributed by atoms with Crippen molar-refractivity contribution < 1.29 is 13.8 Å². The van der Waals surface area contributed by atoms with Gasteiger partial charge in [-0.25, -0.2) is 8.93 Å². The fourth-order valence-corrected chi connectivity index (χ4v) is 8.39. The number of carbonyl (C=O) groups is 2. The molecule has 0 saturated carbocycles. The third-order valence-corrected chi connectivity index (χ3v) is 11.0. The maximum absolute atomic E-state index is 13.9. The van der Waals surface area contributed by atoms with Crippen molar-refractivity contribution in [2.24, 2.45) is 5.73 Å². The Morgan fingerprint density at radius 1 is 1.00 bits per heavy atom. The zero-order valence-corrected chi connectivity index (χ0v) is 27.4. The Labute approximate surface area is 272 Å². The van der Waals surface area contributed by atoms with Crippen LogP contribution in [0.1, 0.15) is 28.1 Å². The number of hydrogen-bond acceptors (Lipinski definition) is 5. The highest BCUT2D eigenvalue weighted by Crippen LogP contribution is 2.44. The van der Waals surface area contributed by atoms with E-state index in [9.17, 15) is 13.8 Å². The number of benzene rings is 3. The summed E-state index contributed by atoms with van der Waals surface area (Å²) in [6, 6.07) is 25.1. The quantitative estimate of drug-likeness (QED) is 0.140. The van der Waals surface area contributed by atoms with Crippen LogP contribution in [0, 0.1) is 0 Å². The number of carbonyl (C=O) groups excluding carboxylic acids is 2. The number of rotatable bonds is 10. The van der Waals surface area contributed by atoms with Crippen molar-refractivity contribution in [2.75, 3.05) is 31.6 Å². The summed E-state index contributed by atoms with van der Waals surface area (Å²) in [5.41, 5.74) is 8.70. The number of likely N-dealkylation sites (tertiary alicyclic amines) is 1. The second-order valence-electron chi connectivity index (χ2n) is 10.3. The number of nitrogens with zero attached hydrogens (tertiary/aromatic N) is 1. The van der Waals surface area contributed by atoms with Gasteiger partial charge in [0.1, 0.15) is 0 Å². The number of nitrogens with two attached hydrogens (primary N) is 1. The first kappa shape index (κ1) is 31.8. The topological polar surface area (TPSA) is 92.5 Å². The van der Waals surface area contributed by atoms with Gasteiger partial charge in [0, 0.05) is 57.6 Å². The van der Waals surface area contributed by atoms with Gasteiger partial charge >= 0.3 is 0 Å². The largest absolute Gasteiger partial charge is 0.369 e. The molecular weight excluding hydrogens is 641 g/mol. The molecule has 0 spiro atoms. The number of hydrogen-bond donors (Lipinski definition) is 2. The van der Waals surface area contributed by atoms with Gasteiger partial charge in [0.25, 0.3) is 5.91 Å². The average Bonchev–Trinajstić information content (AvgIpc) is 3.44. The van der Waals surface area contributed by atoms with Gasteiger partial charge in [-0.15, -0.1) is 23.1 Å². The molecule has 0 radical (unpaired) electrons. The molecule has 43 heavy (non-hydrogen) atoms. The molecule has 224 valence electrons. The Morgan fingerprint density at radius 2 is 1.70 bits per heavy atom. The predicted molar refractivity (Wildman–Crippen MR) is 180 cm³/mol. The van der Waals surface area contributed by atoms with Crippen LogP contribution in [-0.4, -0.2) is 52.6 Å². The van der Waals surface area contributed by atoms with E-state index in [1.165, 1.54) is 11.3 Å². The molecule has 1 atom stereocenters. The molecule has 5 rings (SSSR count). The van der Waals surface area contributed by atoms with Crippen LogP contribution in [0.15, 0.2) is 83.8 Å². The summed E-state index contributed by atoms with van der Waals surface area (Å²) in [5.74, 6) is 0.350. The molecule has 1 aliphatic rings. The van der Waals surface area contributed by atoms with Crippen LogP contribution in [0.3, 0.4) is 0 Å². The van der Waals surface area contributed by atoms with Gasteiger partial charge in [-0.2, -0.15) is 0 Å². The summed E-state index contributed by atoms with van der Waals surface area (Å²) in [4.78, 5) is 30.9. The lowest BCUT2D eigenvalue weighted by Crippen LogP contribution is -2.51. The Kier molecular flexibility index (Phi) is 10.3. The highest BCUT2D eigenvalue weighted by molar-refractivity contribution is 7.99. The van der Waals surface area contributed by atoms with E-state index in [-0.39, 0.29) is 11.8 Å². The summed E-state index contributed by atoms with van der Waals surface area (Å²) in [5, 5.41) is 1.05. The number of primary amides is 1. The molecule has 4 aromatic rings. The van der Waals surface area contributed by atoms with Crippen LogP contribution in [0.5, 0.6) is 0 Å². The summed E-state index contributed by atoms with van der Waals surface area (Å²) in [6.45, 7) is 1.49. The van der Waals surface area contributed by atoms with Crippen molar-refractivity contribution >= 4 is 69.1 Å². The van der Waals surface area contributed by atoms with E-state index in [1.807, 2.05) is 71.6 Å². The SMILES string of the molecule is CS(=O)NCCSc1ccc(-c2cc(C(=O)N3CCC(C(N)=O)(c4ccccc4)CC3)sc2-c2ccc(Cl)cc2Cl)cc1. The van der Waals surface area contributed by atoms with Crippen LogP contribution in [0.2, 0.25) is 10.0 Å². The molecule has 1 fully saturated rings. The molecular formula is C32H31Cl2N3O3S3. The Hall–Kier alpha value is -2.66. The molecule has 11 heteroatoms. The molecule has 1 aromatic heterocycles. The molecule has 3 N–H and O–H groups in total. The highest BCUT2D eigenvalue weighted by Gasteiger charge is 2.42. The van der Waals surface area contributed by atoms with E-state index in [0.29, 0.717) is 47.4 Å². The minimum Gasteiger partial charge on any atom is -0.369 e. The first-order chi connectivity index (χ1) is 20.7. The average molecular weight is 673 g/mol. The lowest BCUT2D eigenvalue weighted by molar-refractivity contribution is -0.125. The summed E-state index contributed by atoms with van der Waals surface area (Å²) in [7, 11) is -1.03. The lowest BCUT2D eigenvalue weighted by Gasteiger charge is -2.40. The van der Waals surface area contributed by atoms with Crippen molar-refractivity contribution in [3.05, 3.63) is 99.3 Å². The second kappa shape index (κ2) is 14.0.